The average Bonchev–Trinajstić information content (AvgIpc) is 2.71. The number of rotatable bonds is 7. The summed E-state index contributed by atoms with van der Waals surface area (Å²) in [5.41, 5.74) is 1.08. The third kappa shape index (κ3) is 4.36. The summed E-state index contributed by atoms with van der Waals surface area (Å²) in [4.78, 5) is 31.0. The number of hydrogen-bond acceptors (Lipinski definition) is 4. The van der Waals surface area contributed by atoms with Crippen molar-refractivity contribution in [2.75, 3.05) is 20.3 Å². The molecule has 0 saturated heterocycles. The molecule has 1 saturated carbocycles. The maximum Gasteiger partial charge on any atom is 0.262 e. The molecule has 28 heavy (non-hydrogen) atoms. The van der Waals surface area contributed by atoms with Crippen LogP contribution in [0.25, 0.3) is 10.9 Å². The van der Waals surface area contributed by atoms with Gasteiger partial charge in [-0.15, -0.1) is 0 Å². The zero-order chi connectivity index (χ0) is 20.1. The highest BCUT2D eigenvalue weighted by molar-refractivity contribution is 7.71. The van der Waals surface area contributed by atoms with Gasteiger partial charge in [-0.1, -0.05) is 19.3 Å². The molecule has 7 heteroatoms. The number of fused-ring (bicyclic) bond motifs is 1. The molecule has 152 valence electrons. The van der Waals surface area contributed by atoms with E-state index in [0.717, 1.165) is 12.8 Å². The zero-order valence-corrected chi connectivity index (χ0v) is 17.5. The van der Waals surface area contributed by atoms with E-state index in [1.165, 1.54) is 19.3 Å². The Morgan fingerprint density at radius 1 is 1.32 bits per heavy atom. The van der Waals surface area contributed by atoms with Gasteiger partial charge in [0.05, 0.1) is 10.9 Å². The first kappa shape index (κ1) is 20.7. The summed E-state index contributed by atoms with van der Waals surface area (Å²) in [6.45, 7) is 3.79. The van der Waals surface area contributed by atoms with Crippen molar-refractivity contribution in [3.8, 4) is 0 Å². The SMILES string of the molecule is CCN(C(=O)c1ccc2c(=O)n(CCCOC)c(=S)[nH]c2c1)C1CCCCC1. The highest BCUT2D eigenvalue weighted by Gasteiger charge is 2.25. The van der Waals surface area contributed by atoms with Crippen LogP contribution in [-0.4, -0.2) is 46.7 Å². The molecule has 1 aliphatic carbocycles. The van der Waals surface area contributed by atoms with E-state index in [9.17, 15) is 9.59 Å². The van der Waals surface area contributed by atoms with Crippen molar-refractivity contribution in [1.29, 1.82) is 0 Å². The summed E-state index contributed by atoms with van der Waals surface area (Å²) in [7, 11) is 1.63. The molecule has 1 amide bonds. The second kappa shape index (κ2) is 9.47. The van der Waals surface area contributed by atoms with E-state index in [1.807, 2.05) is 11.8 Å². The lowest BCUT2D eigenvalue weighted by Gasteiger charge is -2.33. The van der Waals surface area contributed by atoms with E-state index in [1.54, 1.807) is 29.9 Å². The molecule has 0 atom stereocenters. The molecule has 3 rings (SSSR count). The van der Waals surface area contributed by atoms with Crippen LogP contribution in [0.15, 0.2) is 23.0 Å². The van der Waals surface area contributed by atoms with Gasteiger partial charge >= 0.3 is 0 Å². The van der Waals surface area contributed by atoms with Gasteiger partial charge in [-0.25, -0.2) is 0 Å². The summed E-state index contributed by atoms with van der Waals surface area (Å²) in [6, 6.07) is 5.57. The Morgan fingerprint density at radius 2 is 2.07 bits per heavy atom. The number of nitrogens with zero attached hydrogens (tertiary/aromatic N) is 2. The fourth-order valence-electron chi connectivity index (χ4n) is 4.08. The van der Waals surface area contributed by atoms with Gasteiger partial charge in [0.15, 0.2) is 4.77 Å². The van der Waals surface area contributed by atoms with Crippen molar-refractivity contribution in [2.24, 2.45) is 0 Å². The number of nitrogens with one attached hydrogen (secondary N) is 1. The number of carbonyl (C=O) groups excluding carboxylic acids is 1. The fraction of sp³-hybridized carbons (Fsp3) is 0.571. The van der Waals surface area contributed by atoms with Gasteiger partial charge in [0.1, 0.15) is 0 Å². The molecule has 1 aromatic carbocycles. The number of benzene rings is 1. The second-order valence-corrected chi connectivity index (χ2v) is 7.76. The van der Waals surface area contributed by atoms with E-state index in [4.69, 9.17) is 17.0 Å². The minimum Gasteiger partial charge on any atom is -0.385 e. The van der Waals surface area contributed by atoms with Crippen LogP contribution in [0, 0.1) is 4.77 Å². The van der Waals surface area contributed by atoms with Crippen LogP contribution in [0.5, 0.6) is 0 Å². The van der Waals surface area contributed by atoms with Crippen molar-refractivity contribution >= 4 is 29.0 Å². The van der Waals surface area contributed by atoms with Gasteiger partial charge in [0, 0.05) is 38.4 Å². The number of ether oxygens (including phenoxy) is 1. The van der Waals surface area contributed by atoms with Gasteiger partial charge in [-0.3, -0.25) is 14.2 Å². The third-order valence-corrected chi connectivity index (χ3v) is 5.90. The number of methoxy groups -OCH3 is 1. The molecule has 6 nitrogen and oxygen atoms in total. The minimum absolute atomic E-state index is 0.0277. The predicted octanol–water partition coefficient (Wildman–Crippen LogP) is 3.89. The molecule has 0 spiro atoms. The minimum atomic E-state index is -0.131. The maximum absolute atomic E-state index is 13.1. The van der Waals surface area contributed by atoms with Gasteiger partial charge in [-0.2, -0.15) is 0 Å². The summed E-state index contributed by atoms with van der Waals surface area (Å²) in [5, 5.41) is 0.545. The summed E-state index contributed by atoms with van der Waals surface area (Å²) < 4.78 is 6.98. The molecular weight excluding hydrogens is 374 g/mol. The highest BCUT2D eigenvalue weighted by atomic mass is 32.1. The van der Waals surface area contributed by atoms with E-state index >= 15 is 0 Å². The van der Waals surface area contributed by atoms with Crippen LogP contribution in [0.1, 0.15) is 55.8 Å². The van der Waals surface area contributed by atoms with Crippen LogP contribution in [0.4, 0.5) is 0 Å². The Labute approximate surface area is 170 Å². The number of amides is 1. The fourth-order valence-corrected chi connectivity index (χ4v) is 4.37. The molecule has 1 aliphatic rings. The summed E-state index contributed by atoms with van der Waals surface area (Å²) >= 11 is 5.37. The van der Waals surface area contributed by atoms with Crippen molar-refractivity contribution in [1.82, 2.24) is 14.5 Å². The lowest BCUT2D eigenvalue weighted by Crippen LogP contribution is -2.41. The van der Waals surface area contributed by atoms with Crippen LogP contribution in [-0.2, 0) is 11.3 Å². The van der Waals surface area contributed by atoms with Crippen LogP contribution >= 0.6 is 12.2 Å². The monoisotopic (exact) mass is 403 g/mol. The Kier molecular flexibility index (Phi) is 7.02. The maximum atomic E-state index is 13.1. The first-order valence-electron chi connectivity index (χ1n) is 10.1. The Balaban J connectivity index is 1.91. The van der Waals surface area contributed by atoms with Crippen molar-refractivity contribution < 1.29 is 9.53 Å². The molecule has 1 N–H and O–H groups in total. The average molecular weight is 404 g/mol. The lowest BCUT2D eigenvalue weighted by molar-refractivity contribution is 0.0648. The van der Waals surface area contributed by atoms with E-state index in [-0.39, 0.29) is 11.5 Å². The van der Waals surface area contributed by atoms with Crippen molar-refractivity contribution in [3.05, 3.63) is 38.9 Å². The van der Waals surface area contributed by atoms with Crippen LogP contribution in [0.2, 0.25) is 0 Å². The highest BCUT2D eigenvalue weighted by Crippen LogP contribution is 2.24. The molecule has 0 bridgehead atoms. The Hall–Kier alpha value is -1.99. The lowest BCUT2D eigenvalue weighted by atomic mass is 9.93. The summed E-state index contributed by atoms with van der Waals surface area (Å²) in [5.74, 6) is 0.0277. The van der Waals surface area contributed by atoms with E-state index in [0.29, 0.717) is 53.4 Å². The largest absolute Gasteiger partial charge is 0.385 e. The topological polar surface area (TPSA) is 67.3 Å². The molecule has 0 unspecified atom stereocenters. The Morgan fingerprint density at radius 3 is 2.75 bits per heavy atom. The van der Waals surface area contributed by atoms with Crippen LogP contribution in [0.3, 0.4) is 0 Å². The number of hydrogen-bond donors (Lipinski definition) is 1. The molecule has 0 aliphatic heterocycles. The summed E-state index contributed by atoms with van der Waals surface area (Å²) in [6.07, 6.45) is 6.47. The van der Waals surface area contributed by atoms with E-state index < -0.39 is 0 Å². The molecule has 1 fully saturated rings. The second-order valence-electron chi connectivity index (χ2n) is 7.38. The van der Waals surface area contributed by atoms with Gasteiger partial charge in [-0.05, 0) is 56.6 Å². The van der Waals surface area contributed by atoms with Gasteiger partial charge in [0.2, 0.25) is 0 Å². The number of aromatic nitrogens is 2. The van der Waals surface area contributed by atoms with Gasteiger partial charge in [0.25, 0.3) is 11.5 Å². The van der Waals surface area contributed by atoms with Crippen molar-refractivity contribution in [3.63, 3.8) is 0 Å². The molecule has 2 aromatic rings. The first-order valence-corrected chi connectivity index (χ1v) is 10.5. The number of H-pyrrole nitrogens is 1. The third-order valence-electron chi connectivity index (χ3n) is 5.58. The molecular formula is C21H29N3O3S. The molecule has 1 heterocycles. The number of carbonyl (C=O) groups is 1. The van der Waals surface area contributed by atoms with Crippen LogP contribution < -0.4 is 5.56 Å². The standard InChI is InChI=1S/C21H29N3O3S/c1-3-23(16-8-5-4-6-9-16)19(25)15-10-11-17-18(14-15)22-21(28)24(20(17)26)12-7-13-27-2/h10-11,14,16H,3-9,12-13H2,1-2H3,(H,22,28). The normalized spacial score (nSPS) is 15.1. The molecule has 0 radical (unpaired) electrons. The quantitative estimate of drug-likeness (QED) is 0.563. The first-order chi connectivity index (χ1) is 13.6. The zero-order valence-electron chi connectivity index (χ0n) is 16.7. The molecule has 1 aromatic heterocycles. The smallest absolute Gasteiger partial charge is 0.262 e. The van der Waals surface area contributed by atoms with Crippen molar-refractivity contribution in [2.45, 2.75) is 58.0 Å². The van der Waals surface area contributed by atoms with Gasteiger partial charge < -0.3 is 14.6 Å². The van der Waals surface area contributed by atoms with E-state index in [2.05, 4.69) is 4.98 Å². The number of aromatic amines is 1. The Bertz CT molecular complexity index is 944. The predicted molar refractivity (Wildman–Crippen MR) is 113 cm³/mol.